The number of anilines is 1. The van der Waals surface area contributed by atoms with Gasteiger partial charge in [0.05, 0.1) is 28.2 Å². The minimum absolute atomic E-state index is 0.162. The molecule has 24 heavy (non-hydrogen) atoms. The summed E-state index contributed by atoms with van der Waals surface area (Å²) in [5.74, 6) is 0.362. The van der Waals surface area contributed by atoms with E-state index in [1.54, 1.807) is 23.6 Å². The third-order valence-corrected chi connectivity index (χ3v) is 4.04. The van der Waals surface area contributed by atoms with Crippen molar-refractivity contribution in [2.75, 3.05) is 5.32 Å². The molecule has 122 valence electrons. The van der Waals surface area contributed by atoms with Crippen molar-refractivity contribution in [2.24, 2.45) is 0 Å². The lowest BCUT2D eigenvalue weighted by atomic mass is 10.2. The van der Waals surface area contributed by atoms with E-state index >= 15 is 0 Å². The molecule has 0 atom stereocenters. The first-order valence-electron chi connectivity index (χ1n) is 7.48. The molecule has 2 aromatic carbocycles. The number of nitrogens with zero attached hydrogens (tertiary/aromatic N) is 2. The highest BCUT2D eigenvalue weighted by molar-refractivity contribution is 6.34. The fourth-order valence-corrected chi connectivity index (χ4v) is 2.80. The molecule has 1 heterocycles. The largest absolute Gasteiger partial charge is 0.325 e. The number of benzene rings is 2. The monoisotopic (exact) mass is 341 g/mol. The molecule has 0 bridgehead atoms. The van der Waals surface area contributed by atoms with Gasteiger partial charge in [-0.1, -0.05) is 41.9 Å². The zero-order valence-electron chi connectivity index (χ0n) is 13.3. The van der Waals surface area contributed by atoms with Crippen molar-refractivity contribution in [3.63, 3.8) is 0 Å². The molecule has 5 nitrogen and oxygen atoms in total. The highest BCUT2D eigenvalue weighted by atomic mass is 35.5. The highest BCUT2D eigenvalue weighted by Gasteiger charge is 2.12. The van der Waals surface area contributed by atoms with E-state index in [1.807, 2.05) is 30.3 Å². The Kier molecular flexibility index (Phi) is 4.36. The van der Waals surface area contributed by atoms with Crippen LogP contribution in [0.2, 0.25) is 5.02 Å². The summed E-state index contributed by atoms with van der Waals surface area (Å²) >= 11 is 6.16. The van der Waals surface area contributed by atoms with E-state index in [1.165, 1.54) is 6.92 Å². The van der Waals surface area contributed by atoms with Crippen molar-refractivity contribution in [3.8, 4) is 0 Å². The van der Waals surface area contributed by atoms with Crippen molar-refractivity contribution in [2.45, 2.75) is 20.4 Å². The number of rotatable bonds is 3. The van der Waals surface area contributed by atoms with E-state index in [0.717, 1.165) is 5.56 Å². The lowest BCUT2D eigenvalue weighted by Crippen LogP contribution is -2.24. The molecule has 0 spiro atoms. The minimum atomic E-state index is -0.249. The third kappa shape index (κ3) is 3.16. The van der Waals surface area contributed by atoms with E-state index in [9.17, 15) is 9.59 Å². The first-order chi connectivity index (χ1) is 11.5. The topological polar surface area (TPSA) is 64.0 Å². The molecule has 0 aliphatic carbocycles. The van der Waals surface area contributed by atoms with Crippen LogP contribution in [-0.4, -0.2) is 15.5 Å². The van der Waals surface area contributed by atoms with Crippen LogP contribution in [0.5, 0.6) is 0 Å². The average molecular weight is 342 g/mol. The van der Waals surface area contributed by atoms with E-state index in [0.29, 0.717) is 34.0 Å². The van der Waals surface area contributed by atoms with Gasteiger partial charge in [0.15, 0.2) is 0 Å². The number of aromatic nitrogens is 2. The van der Waals surface area contributed by atoms with Gasteiger partial charge in [0.1, 0.15) is 5.82 Å². The predicted octanol–water partition coefficient (Wildman–Crippen LogP) is 3.37. The predicted molar refractivity (Wildman–Crippen MR) is 95.6 cm³/mol. The van der Waals surface area contributed by atoms with Gasteiger partial charge in [0, 0.05) is 6.92 Å². The van der Waals surface area contributed by atoms with Crippen LogP contribution in [0.25, 0.3) is 10.9 Å². The molecule has 0 saturated carbocycles. The maximum absolute atomic E-state index is 12.9. The summed E-state index contributed by atoms with van der Waals surface area (Å²) < 4.78 is 1.61. The van der Waals surface area contributed by atoms with Crippen LogP contribution >= 0.6 is 11.6 Å². The van der Waals surface area contributed by atoms with Crippen molar-refractivity contribution >= 4 is 34.1 Å². The Labute approximate surface area is 143 Å². The quantitative estimate of drug-likeness (QED) is 0.794. The standard InChI is InChI=1S/C18H16ClN3O2/c1-11-20-16-9-15(19)17(21-12(2)23)8-14(16)18(24)22(11)10-13-6-4-3-5-7-13/h3-9H,10H2,1-2H3,(H,21,23). The number of aryl methyl sites for hydroxylation is 1. The number of fused-ring (bicyclic) bond motifs is 1. The van der Waals surface area contributed by atoms with E-state index in [4.69, 9.17) is 11.6 Å². The number of nitrogens with one attached hydrogen (secondary N) is 1. The van der Waals surface area contributed by atoms with Crippen molar-refractivity contribution in [1.82, 2.24) is 9.55 Å². The second kappa shape index (κ2) is 6.45. The number of carbonyl (C=O) groups excluding carboxylic acids is 1. The first-order valence-corrected chi connectivity index (χ1v) is 7.85. The molecule has 0 saturated heterocycles. The van der Waals surface area contributed by atoms with Gasteiger partial charge in [-0.15, -0.1) is 0 Å². The molecule has 0 unspecified atom stereocenters. The molecule has 0 radical (unpaired) electrons. The summed E-state index contributed by atoms with van der Waals surface area (Å²) in [7, 11) is 0. The molecule has 6 heteroatoms. The van der Waals surface area contributed by atoms with E-state index < -0.39 is 0 Å². The summed E-state index contributed by atoms with van der Waals surface area (Å²) in [6, 6.07) is 12.9. The molecule has 1 amide bonds. The average Bonchev–Trinajstić information content (AvgIpc) is 2.54. The maximum Gasteiger partial charge on any atom is 0.261 e. The molecule has 1 aromatic heterocycles. The second-order valence-corrected chi connectivity index (χ2v) is 5.97. The van der Waals surface area contributed by atoms with Gasteiger partial charge in [-0.3, -0.25) is 14.2 Å². The summed E-state index contributed by atoms with van der Waals surface area (Å²) in [5.41, 5.74) is 1.77. The van der Waals surface area contributed by atoms with Crippen LogP contribution in [-0.2, 0) is 11.3 Å². The van der Waals surface area contributed by atoms with Gasteiger partial charge in [-0.25, -0.2) is 4.98 Å². The Morgan fingerprint density at radius 3 is 2.62 bits per heavy atom. The molecule has 3 rings (SSSR count). The first kappa shape index (κ1) is 16.2. The molecule has 0 aliphatic heterocycles. The number of hydrogen-bond acceptors (Lipinski definition) is 3. The van der Waals surface area contributed by atoms with Crippen molar-refractivity contribution in [3.05, 3.63) is 69.2 Å². The van der Waals surface area contributed by atoms with Gasteiger partial charge in [0.2, 0.25) is 5.91 Å². The lowest BCUT2D eigenvalue weighted by molar-refractivity contribution is -0.114. The molecule has 1 N–H and O–H groups in total. The molecule has 0 fully saturated rings. The Morgan fingerprint density at radius 1 is 1.25 bits per heavy atom. The zero-order chi connectivity index (χ0) is 17.3. The fourth-order valence-electron chi connectivity index (χ4n) is 2.59. The van der Waals surface area contributed by atoms with Crippen LogP contribution in [0.1, 0.15) is 18.3 Å². The van der Waals surface area contributed by atoms with Crippen molar-refractivity contribution in [1.29, 1.82) is 0 Å². The van der Waals surface area contributed by atoms with Gasteiger partial charge < -0.3 is 5.32 Å². The number of carbonyl (C=O) groups is 1. The Bertz CT molecular complexity index is 981. The van der Waals surface area contributed by atoms with Gasteiger partial charge in [0.25, 0.3) is 5.56 Å². The number of amides is 1. The molecular formula is C18H16ClN3O2. The smallest absolute Gasteiger partial charge is 0.261 e. The Hall–Kier alpha value is -2.66. The third-order valence-electron chi connectivity index (χ3n) is 3.73. The highest BCUT2D eigenvalue weighted by Crippen LogP contribution is 2.26. The second-order valence-electron chi connectivity index (χ2n) is 5.57. The molecule has 3 aromatic rings. The van der Waals surface area contributed by atoms with Crippen LogP contribution in [0.4, 0.5) is 5.69 Å². The van der Waals surface area contributed by atoms with Gasteiger partial charge in [-0.05, 0) is 24.6 Å². The van der Waals surface area contributed by atoms with E-state index in [-0.39, 0.29) is 11.5 Å². The van der Waals surface area contributed by atoms with Crippen LogP contribution in [0, 0.1) is 6.92 Å². The normalized spacial score (nSPS) is 10.8. The van der Waals surface area contributed by atoms with Crippen LogP contribution < -0.4 is 10.9 Å². The zero-order valence-corrected chi connectivity index (χ0v) is 14.1. The summed E-state index contributed by atoms with van der Waals surface area (Å²) in [5, 5.41) is 3.40. The van der Waals surface area contributed by atoms with Gasteiger partial charge >= 0.3 is 0 Å². The lowest BCUT2D eigenvalue weighted by Gasteiger charge is -2.12. The summed E-state index contributed by atoms with van der Waals surface area (Å²) in [4.78, 5) is 28.6. The Morgan fingerprint density at radius 2 is 1.96 bits per heavy atom. The minimum Gasteiger partial charge on any atom is -0.325 e. The summed E-state index contributed by atoms with van der Waals surface area (Å²) in [6.45, 7) is 3.62. The van der Waals surface area contributed by atoms with E-state index in [2.05, 4.69) is 10.3 Å². The maximum atomic E-state index is 12.9. The van der Waals surface area contributed by atoms with Crippen LogP contribution in [0.15, 0.2) is 47.3 Å². The number of halogens is 1. The van der Waals surface area contributed by atoms with Gasteiger partial charge in [-0.2, -0.15) is 0 Å². The van der Waals surface area contributed by atoms with Crippen LogP contribution in [0.3, 0.4) is 0 Å². The number of hydrogen-bond donors (Lipinski definition) is 1. The van der Waals surface area contributed by atoms with Crippen molar-refractivity contribution < 1.29 is 4.79 Å². The fraction of sp³-hybridized carbons (Fsp3) is 0.167. The summed E-state index contributed by atoms with van der Waals surface area (Å²) in [6.07, 6.45) is 0. The Balaban J connectivity index is 2.16. The molecule has 0 aliphatic rings. The molecular weight excluding hydrogens is 326 g/mol. The SMILES string of the molecule is CC(=O)Nc1cc2c(=O)n(Cc3ccccc3)c(C)nc2cc1Cl.